The zero-order chi connectivity index (χ0) is 15.7. The number of aromatic nitrogens is 1. The first-order chi connectivity index (χ1) is 10.5. The number of para-hydroxylation sites is 1. The largest absolute Gasteiger partial charge is 0.387 e. The number of rotatable bonds is 4. The topological polar surface area (TPSA) is 88.3 Å². The Morgan fingerprint density at radius 2 is 2.05 bits per heavy atom. The van der Waals surface area contributed by atoms with Gasteiger partial charge in [-0.05, 0) is 25.8 Å². The molecule has 1 atom stereocenters. The molecule has 0 saturated carbocycles. The van der Waals surface area contributed by atoms with E-state index in [0.717, 1.165) is 0 Å². The zero-order valence-corrected chi connectivity index (χ0v) is 12.2. The second kappa shape index (κ2) is 5.38. The number of benzene rings is 1. The average Bonchev–Trinajstić information content (AvgIpc) is 2.95. The Balaban J connectivity index is 2.04. The Morgan fingerprint density at radius 3 is 2.73 bits per heavy atom. The lowest BCUT2D eigenvalue weighted by Crippen LogP contribution is -2.43. The molecule has 0 saturated heterocycles. The van der Waals surface area contributed by atoms with E-state index in [1.165, 1.54) is 6.20 Å². The molecule has 0 unspecified atom stereocenters. The minimum absolute atomic E-state index is 0.0832. The van der Waals surface area contributed by atoms with Crippen molar-refractivity contribution in [1.29, 1.82) is 0 Å². The van der Waals surface area contributed by atoms with Crippen molar-refractivity contribution in [3.63, 3.8) is 0 Å². The van der Waals surface area contributed by atoms with Crippen LogP contribution in [0.1, 0.15) is 19.8 Å². The molecule has 3 rings (SSSR count). The van der Waals surface area contributed by atoms with Crippen LogP contribution in [-0.2, 0) is 0 Å². The van der Waals surface area contributed by atoms with Gasteiger partial charge in [-0.2, -0.15) is 0 Å². The molecular weight excluding hydrogens is 282 g/mol. The molecule has 1 heterocycles. The molecule has 0 amide bonds. The van der Waals surface area contributed by atoms with Gasteiger partial charge in [-0.3, -0.25) is 10.1 Å². The van der Waals surface area contributed by atoms with Crippen molar-refractivity contribution >= 4 is 22.3 Å². The summed E-state index contributed by atoms with van der Waals surface area (Å²) in [5.74, 6) is 0. The Bertz CT molecular complexity index is 749. The van der Waals surface area contributed by atoms with E-state index in [1.54, 1.807) is 12.1 Å². The van der Waals surface area contributed by atoms with E-state index in [4.69, 9.17) is 0 Å². The normalized spacial score (nSPS) is 17.5. The number of hydrogen-bond donors (Lipinski definition) is 2. The third kappa shape index (κ3) is 2.42. The first kappa shape index (κ1) is 14.5. The third-order valence-electron chi connectivity index (χ3n) is 4.23. The monoisotopic (exact) mass is 299 g/mol. The fourth-order valence-corrected chi connectivity index (χ4v) is 2.78. The molecule has 114 valence electrons. The molecule has 2 N–H and O–H groups in total. The van der Waals surface area contributed by atoms with Gasteiger partial charge < -0.3 is 10.4 Å². The van der Waals surface area contributed by atoms with E-state index in [9.17, 15) is 15.2 Å². The van der Waals surface area contributed by atoms with Crippen molar-refractivity contribution < 1.29 is 10.0 Å². The predicted molar refractivity (Wildman–Crippen MR) is 84.8 cm³/mol. The van der Waals surface area contributed by atoms with E-state index < -0.39 is 10.5 Å². The summed E-state index contributed by atoms with van der Waals surface area (Å²) in [7, 11) is 0. The quantitative estimate of drug-likeness (QED) is 0.514. The van der Waals surface area contributed by atoms with Gasteiger partial charge in [0.1, 0.15) is 11.9 Å². The number of nitro groups is 1. The molecule has 0 aliphatic heterocycles. The van der Waals surface area contributed by atoms with Crippen LogP contribution in [-0.4, -0.2) is 26.7 Å². The van der Waals surface area contributed by atoms with Crippen LogP contribution in [0.3, 0.4) is 0 Å². The summed E-state index contributed by atoms with van der Waals surface area (Å²) in [6, 6.07) is 6.92. The zero-order valence-electron chi connectivity index (χ0n) is 12.2. The lowest BCUT2D eigenvalue weighted by Gasteiger charge is -2.31. The number of nitrogens with one attached hydrogen (secondary N) is 1. The second-order valence-corrected chi connectivity index (χ2v) is 5.64. The average molecular weight is 299 g/mol. The lowest BCUT2D eigenvalue weighted by molar-refractivity contribution is -0.384. The van der Waals surface area contributed by atoms with Crippen LogP contribution in [0.5, 0.6) is 0 Å². The highest BCUT2D eigenvalue weighted by molar-refractivity contribution is 5.95. The van der Waals surface area contributed by atoms with Gasteiger partial charge in [0.15, 0.2) is 0 Å². The molecule has 22 heavy (non-hydrogen) atoms. The Morgan fingerprint density at radius 1 is 1.36 bits per heavy atom. The van der Waals surface area contributed by atoms with Gasteiger partial charge in [0.2, 0.25) is 0 Å². The summed E-state index contributed by atoms with van der Waals surface area (Å²) < 4.78 is 0. The minimum atomic E-state index is -0.918. The Kier molecular flexibility index (Phi) is 3.54. The van der Waals surface area contributed by atoms with Gasteiger partial charge in [0.25, 0.3) is 0 Å². The van der Waals surface area contributed by atoms with Crippen LogP contribution in [0, 0.1) is 10.1 Å². The first-order valence-electron chi connectivity index (χ1n) is 7.17. The minimum Gasteiger partial charge on any atom is -0.387 e. The maximum atomic E-state index is 11.3. The first-order valence-corrected chi connectivity index (χ1v) is 7.17. The smallest absolute Gasteiger partial charge is 0.311 e. The molecule has 1 aliphatic rings. The summed E-state index contributed by atoms with van der Waals surface area (Å²) in [5.41, 5.74) is 0.0842. The number of aliphatic hydroxyl groups is 1. The van der Waals surface area contributed by atoms with Crippen LogP contribution in [0.2, 0.25) is 0 Å². The van der Waals surface area contributed by atoms with Gasteiger partial charge >= 0.3 is 5.69 Å². The van der Waals surface area contributed by atoms with Crippen molar-refractivity contribution in [2.45, 2.75) is 31.4 Å². The van der Waals surface area contributed by atoms with E-state index in [1.807, 2.05) is 31.2 Å². The molecule has 6 nitrogen and oxygen atoms in total. The second-order valence-electron chi connectivity index (χ2n) is 5.64. The molecule has 0 bridgehead atoms. The van der Waals surface area contributed by atoms with E-state index in [-0.39, 0.29) is 11.7 Å². The third-order valence-corrected chi connectivity index (χ3v) is 4.23. The SMILES string of the molecule is C[C@@H](Nc1c([N+](=O)[O-])cnc2ccccc12)C1(O)CC=CC1. The molecule has 0 fully saturated rings. The molecule has 1 aromatic heterocycles. The van der Waals surface area contributed by atoms with Gasteiger partial charge in [0.05, 0.1) is 22.1 Å². The van der Waals surface area contributed by atoms with E-state index in [2.05, 4.69) is 10.3 Å². The highest BCUT2D eigenvalue weighted by Gasteiger charge is 2.35. The van der Waals surface area contributed by atoms with Crippen LogP contribution in [0.4, 0.5) is 11.4 Å². The number of nitrogens with zero attached hydrogens (tertiary/aromatic N) is 2. The van der Waals surface area contributed by atoms with E-state index in [0.29, 0.717) is 29.4 Å². The lowest BCUT2D eigenvalue weighted by atomic mass is 9.92. The van der Waals surface area contributed by atoms with Crippen LogP contribution in [0.25, 0.3) is 10.9 Å². The highest BCUT2D eigenvalue weighted by Crippen LogP contribution is 2.35. The van der Waals surface area contributed by atoms with Crippen LogP contribution < -0.4 is 5.32 Å². The molecule has 1 aromatic carbocycles. The molecule has 0 radical (unpaired) electrons. The van der Waals surface area contributed by atoms with Gasteiger partial charge in [-0.1, -0.05) is 30.4 Å². The Hall–Kier alpha value is -2.47. The summed E-state index contributed by atoms with van der Waals surface area (Å²) in [6.45, 7) is 1.84. The van der Waals surface area contributed by atoms with E-state index >= 15 is 0 Å². The molecule has 0 spiro atoms. The number of hydrogen-bond acceptors (Lipinski definition) is 5. The Labute approximate surface area is 127 Å². The van der Waals surface area contributed by atoms with Crippen molar-refractivity contribution in [2.75, 3.05) is 5.32 Å². The summed E-state index contributed by atoms with van der Waals surface area (Å²) in [5, 5.41) is 25.7. The van der Waals surface area contributed by atoms with Crippen molar-refractivity contribution in [1.82, 2.24) is 4.98 Å². The summed E-state index contributed by atoms with van der Waals surface area (Å²) in [6.07, 6.45) is 6.19. The van der Waals surface area contributed by atoms with Gasteiger partial charge in [0, 0.05) is 5.39 Å². The van der Waals surface area contributed by atoms with Crippen molar-refractivity contribution in [2.24, 2.45) is 0 Å². The predicted octanol–water partition coefficient (Wildman–Crippen LogP) is 3.02. The standard InChI is InChI=1S/C16H17N3O3/c1-11(16(20)8-4-5-9-16)18-15-12-6-2-3-7-13(12)17-10-14(15)19(21)22/h2-7,10-11,20H,8-9H2,1H3,(H,17,18)/t11-/m1/s1. The number of anilines is 1. The van der Waals surface area contributed by atoms with Crippen LogP contribution >= 0.6 is 0 Å². The molecule has 1 aliphatic carbocycles. The molecule has 6 heteroatoms. The fourth-order valence-electron chi connectivity index (χ4n) is 2.78. The van der Waals surface area contributed by atoms with Crippen molar-refractivity contribution in [3.05, 3.63) is 52.7 Å². The van der Waals surface area contributed by atoms with Gasteiger partial charge in [-0.15, -0.1) is 0 Å². The maximum absolute atomic E-state index is 11.3. The highest BCUT2D eigenvalue weighted by atomic mass is 16.6. The number of fused-ring (bicyclic) bond motifs is 1. The molecular formula is C16H17N3O3. The van der Waals surface area contributed by atoms with Crippen LogP contribution in [0.15, 0.2) is 42.6 Å². The summed E-state index contributed by atoms with van der Waals surface area (Å²) >= 11 is 0. The summed E-state index contributed by atoms with van der Waals surface area (Å²) in [4.78, 5) is 15.0. The fraction of sp³-hybridized carbons (Fsp3) is 0.312. The number of pyridine rings is 1. The maximum Gasteiger partial charge on any atom is 0.311 e. The van der Waals surface area contributed by atoms with Gasteiger partial charge in [-0.25, -0.2) is 4.98 Å². The molecule has 2 aromatic rings. The van der Waals surface area contributed by atoms with Crippen molar-refractivity contribution in [3.8, 4) is 0 Å².